The summed E-state index contributed by atoms with van der Waals surface area (Å²) >= 11 is 1.24. The van der Waals surface area contributed by atoms with E-state index in [-0.39, 0.29) is 11.7 Å². The number of thioether (sulfide) groups is 1. The van der Waals surface area contributed by atoms with E-state index < -0.39 is 0 Å². The highest BCUT2D eigenvalue weighted by Gasteiger charge is 2.11. The monoisotopic (exact) mass is 367 g/mol. The predicted molar refractivity (Wildman–Crippen MR) is 104 cm³/mol. The number of hydrogen-bond acceptors (Lipinski definition) is 5. The van der Waals surface area contributed by atoms with Crippen LogP contribution in [0.2, 0.25) is 0 Å². The van der Waals surface area contributed by atoms with E-state index in [1.165, 1.54) is 22.9 Å². The first-order chi connectivity index (χ1) is 12.5. The Morgan fingerprint density at radius 1 is 1.04 bits per heavy atom. The molecule has 3 aromatic rings. The van der Waals surface area contributed by atoms with Crippen LogP contribution < -0.4 is 5.32 Å². The number of nitrogens with one attached hydrogen (secondary N) is 1. The molecule has 0 aliphatic carbocycles. The maximum absolute atomic E-state index is 12.1. The number of para-hydroxylation sites is 1. The van der Waals surface area contributed by atoms with Gasteiger partial charge in [0.05, 0.1) is 12.2 Å². The van der Waals surface area contributed by atoms with Crippen LogP contribution in [0.25, 0.3) is 0 Å². The molecule has 0 fully saturated rings. The van der Waals surface area contributed by atoms with Gasteiger partial charge in [-0.3, -0.25) is 4.79 Å². The number of nitrogens with zero attached hydrogens (tertiary/aromatic N) is 2. The highest BCUT2D eigenvalue weighted by atomic mass is 32.2. The summed E-state index contributed by atoms with van der Waals surface area (Å²) in [6.07, 6.45) is 0.587. The number of carbonyl (C=O) groups excluding carboxylic acids is 1. The van der Waals surface area contributed by atoms with Crippen LogP contribution in [0.1, 0.15) is 28.1 Å². The van der Waals surface area contributed by atoms with Crippen molar-refractivity contribution < 1.29 is 9.21 Å². The van der Waals surface area contributed by atoms with Gasteiger partial charge in [0, 0.05) is 5.69 Å². The van der Waals surface area contributed by atoms with Crippen LogP contribution in [0.4, 0.5) is 5.69 Å². The second-order valence-corrected chi connectivity index (χ2v) is 7.14. The van der Waals surface area contributed by atoms with Gasteiger partial charge in [0.2, 0.25) is 11.8 Å². The summed E-state index contributed by atoms with van der Waals surface area (Å²) in [7, 11) is 0. The number of carbonyl (C=O) groups is 1. The highest BCUT2D eigenvalue weighted by Crippen LogP contribution is 2.20. The lowest BCUT2D eigenvalue weighted by molar-refractivity contribution is -0.113. The van der Waals surface area contributed by atoms with E-state index >= 15 is 0 Å². The summed E-state index contributed by atoms with van der Waals surface area (Å²) in [4.78, 5) is 12.1. The van der Waals surface area contributed by atoms with Crippen molar-refractivity contribution in [2.75, 3.05) is 11.1 Å². The smallest absolute Gasteiger partial charge is 0.277 e. The molecular weight excluding hydrogens is 346 g/mol. The maximum Gasteiger partial charge on any atom is 0.277 e. The molecule has 2 aromatic carbocycles. The number of anilines is 1. The zero-order chi connectivity index (χ0) is 18.5. The Hall–Kier alpha value is -2.60. The fourth-order valence-electron chi connectivity index (χ4n) is 2.48. The molecule has 0 aliphatic heterocycles. The molecule has 3 rings (SSSR count). The standard InChI is InChI=1S/C20H21N3O2S/c1-13-8-9-16(10-15(13)3)11-19-22-23-20(25-19)26-12-18(24)21-17-7-5-4-6-14(17)2/h4-10H,11-12H2,1-3H3,(H,21,24). The lowest BCUT2D eigenvalue weighted by Gasteiger charge is -2.06. The predicted octanol–water partition coefficient (Wildman–Crippen LogP) is 4.32. The zero-order valence-electron chi connectivity index (χ0n) is 15.1. The third-order valence-electron chi connectivity index (χ3n) is 4.12. The van der Waals surface area contributed by atoms with Crippen LogP contribution in [0.3, 0.4) is 0 Å². The molecule has 0 aliphatic rings. The van der Waals surface area contributed by atoms with E-state index in [0.29, 0.717) is 17.5 Å². The molecule has 0 bridgehead atoms. The Labute approximate surface area is 157 Å². The normalized spacial score (nSPS) is 10.7. The SMILES string of the molecule is Cc1ccc(Cc2nnc(SCC(=O)Nc3ccccc3C)o2)cc1C. The van der Waals surface area contributed by atoms with E-state index in [9.17, 15) is 4.79 Å². The number of aryl methyl sites for hydroxylation is 3. The van der Waals surface area contributed by atoms with Gasteiger partial charge in [-0.05, 0) is 49.1 Å². The minimum Gasteiger partial charge on any atom is -0.416 e. The molecule has 1 amide bonds. The van der Waals surface area contributed by atoms with Gasteiger partial charge in [-0.1, -0.05) is 48.2 Å². The van der Waals surface area contributed by atoms with Gasteiger partial charge in [0.15, 0.2) is 0 Å². The lowest BCUT2D eigenvalue weighted by atomic mass is 10.0. The van der Waals surface area contributed by atoms with Crippen molar-refractivity contribution in [1.29, 1.82) is 0 Å². The van der Waals surface area contributed by atoms with Crippen molar-refractivity contribution in [2.24, 2.45) is 0 Å². The molecule has 1 aromatic heterocycles. The molecule has 0 saturated carbocycles. The Kier molecular flexibility index (Phi) is 5.73. The highest BCUT2D eigenvalue weighted by molar-refractivity contribution is 7.99. The van der Waals surface area contributed by atoms with Gasteiger partial charge in [-0.25, -0.2) is 0 Å². The molecule has 26 heavy (non-hydrogen) atoms. The zero-order valence-corrected chi connectivity index (χ0v) is 15.9. The molecule has 0 unspecified atom stereocenters. The van der Waals surface area contributed by atoms with Crippen molar-refractivity contribution in [3.8, 4) is 0 Å². The molecule has 6 heteroatoms. The van der Waals surface area contributed by atoms with Gasteiger partial charge in [-0.15, -0.1) is 10.2 Å². The second-order valence-electron chi connectivity index (χ2n) is 6.21. The number of aromatic nitrogens is 2. The summed E-state index contributed by atoms with van der Waals surface area (Å²) < 4.78 is 5.64. The number of rotatable bonds is 6. The van der Waals surface area contributed by atoms with Gasteiger partial charge >= 0.3 is 0 Å². The summed E-state index contributed by atoms with van der Waals surface area (Å²) in [5.41, 5.74) is 5.48. The quantitative estimate of drug-likeness (QED) is 0.657. The molecular formula is C20H21N3O2S. The van der Waals surface area contributed by atoms with Crippen LogP contribution in [0, 0.1) is 20.8 Å². The van der Waals surface area contributed by atoms with Gasteiger partial charge < -0.3 is 9.73 Å². The Morgan fingerprint density at radius 3 is 2.62 bits per heavy atom. The van der Waals surface area contributed by atoms with E-state index in [0.717, 1.165) is 16.8 Å². The van der Waals surface area contributed by atoms with Crippen molar-refractivity contribution in [1.82, 2.24) is 10.2 Å². The van der Waals surface area contributed by atoms with Crippen LogP contribution in [-0.2, 0) is 11.2 Å². The molecule has 0 radical (unpaired) electrons. The minimum absolute atomic E-state index is 0.0989. The molecule has 1 heterocycles. The van der Waals surface area contributed by atoms with Crippen LogP contribution in [0.5, 0.6) is 0 Å². The van der Waals surface area contributed by atoms with Crippen molar-refractivity contribution in [3.63, 3.8) is 0 Å². The molecule has 134 valence electrons. The second kappa shape index (κ2) is 8.19. The van der Waals surface area contributed by atoms with Crippen molar-refractivity contribution in [2.45, 2.75) is 32.4 Å². The Bertz CT molecular complexity index is 921. The summed E-state index contributed by atoms with van der Waals surface area (Å²) in [6.45, 7) is 6.13. The topological polar surface area (TPSA) is 68.0 Å². The number of hydrogen-bond donors (Lipinski definition) is 1. The Balaban J connectivity index is 1.54. The van der Waals surface area contributed by atoms with Gasteiger partial charge in [0.25, 0.3) is 5.22 Å². The largest absolute Gasteiger partial charge is 0.416 e. The lowest BCUT2D eigenvalue weighted by Crippen LogP contribution is -2.14. The van der Waals surface area contributed by atoms with Crippen LogP contribution >= 0.6 is 11.8 Å². The average molecular weight is 367 g/mol. The van der Waals surface area contributed by atoms with Gasteiger partial charge in [-0.2, -0.15) is 0 Å². The molecule has 5 nitrogen and oxygen atoms in total. The van der Waals surface area contributed by atoms with Crippen LogP contribution in [0.15, 0.2) is 52.1 Å². The fourth-order valence-corrected chi connectivity index (χ4v) is 3.06. The van der Waals surface area contributed by atoms with E-state index in [2.05, 4.69) is 47.6 Å². The first-order valence-corrected chi connectivity index (χ1v) is 9.36. The fraction of sp³-hybridized carbons (Fsp3) is 0.250. The maximum atomic E-state index is 12.1. The molecule has 1 N–H and O–H groups in total. The Morgan fingerprint density at radius 2 is 1.85 bits per heavy atom. The van der Waals surface area contributed by atoms with E-state index in [1.54, 1.807) is 0 Å². The third kappa shape index (κ3) is 4.73. The number of amides is 1. The van der Waals surface area contributed by atoms with Gasteiger partial charge in [0.1, 0.15) is 0 Å². The summed E-state index contributed by atoms with van der Waals surface area (Å²) in [6, 6.07) is 14.0. The minimum atomic E-state index is -0.0989. The van der Waals surface area contributed by atoms with E-state index in [1.807, 2.05) is 31.2 Å². The van der Waals surface area contributed by atoms with Crippen LogP contribution in [-0.4, -0.2) is 21.9 Å². The third-order valence-corrected chi connectivity index (χ3v) is 4.94. The average Bonchev–Trinajstić information content (AvgIpc) is 3.06. The molecule has 0 spiro atoms. The summed E-state index contributed by atoms with van der Waals surface area (Å²) in [5, 5.41) is 11.4. The molecule has 0 atom stereocenters. The first kappa shape index (κ1) is 18.2. The van der Waals surface area contributed by atoms with E-state index in [4.69, 9.17) is 4.42 Å². The van der Waals surface area contributed by atoms with Crippen molar-refractivity contribution >= 4 is 23.4 Å². The first-order valence-electron chi connectivity index (χ1n) is 8.38. The summed E-state index contributed by atoms with van der Waals surface area (Å²) in [5.74, 6) is 0.674. The van der Waals surface area contributed by atoms with Crippen molar-refractivity contribution in [3.05, 3.63) is 70.6 Å². The number of benzene rings is 2. The molecule has 0 saturated heterocycles.